The van der Waals surface area contributed by atoms with Gasteiger partial charge in [0.1, 0.15) is 18.2 Å². The summed E-state index contributed by atoms with van der Waals surface area (Å²) in [5.41, 5.74) is 6.29. The number of nitrogens with two attached hydrogens (primary N) is 1. The molecule has 0 saturated heterocycles. The van der Waals surface area contributed by atoms with Crippen LogP contribution in [0.3, 0.4) is 0 Å². The fourth-order valence-electron chi connectivity index (χ4n) is 1.62. The van der Waals surface area contributed by atoms with Crippen molar-refractivity contribution in [1.82, 2.24) is 0 Å². The summed E-state index contributed by atoms with van der Waals surface area (Å²) in [5, 5.41) is 0. The SMILES string of the molecule is NCCc1cc(F)ccc1OCc1ccc(Cl)s1. The second kappa shape index (κ2) is 6.18. The Bertz CT molecular complexity index is 529. The summed E-state index contributed by atoms with van der Waals surface area (Å²) >= 11 is 7.31. The minimum Gasteiger partial charge on any atom is -0.488 e. The highest BCUT2D eigenvalue weighted by atomic mass is 35.5. The molecule has 1 heterocycles. The summed E-state index contributed by atoms with van der Waals surface area (Å²) in [6.07, 6.45) is 0.596. The lowest BCUT2D eigenvalue weighted by Gasteiger charge is -2.10. The Morgan fingerprint density at radius 2 is 2.11 bits per heavy atom. The topological polar surface area (TPSA) is 35.2 Å². The maximum atomic E-state index is 13.1. The van der Waals surface area contributed by atoms with Gasteiger partial charge in [0.25, 0.3) is 0 Å². The molecule has 2 N–H and O–H groups in total. The fourth-order valence-corrected chi connectivity index (χ4v) is 2.62. The monoisotopic (exact) mass is 285 g/mol. The number of halogens is 2. The summed E-state index contributed by atoms with van der Waals surface area (Å²) in [6, 6.07) is 8.23. The average molecular weight is 286 g/mol. The smallest absolute Gasteiger partial charge is 0.123 e. The van der Waals surface area contributed by atoms with Crippen LogP contribution >= 0.6 is 22.9 Å². The number of hydrogen-bond donors (Lipinski definition) is 1. The van der Waals surface area contributed by atoms with E-state index < -0.39 is 0 Å². The molecule has 18 heavy (non-hydrogen) atoms. The van der Waals surface area contributed by atoms with E-state index in [-0.39, 0.29) is 5.82 Å². The van der Waals surface area contributed by atoms with Gasteiger partial charge >= 0.3 is 0 Å². The lowest BCUT2D eigenvalue weighted by molar-refractivity contribution is 0.306. The molecule has 0 unspecified atom stereocenters. The molecule has 2 aromatic rings. The third-order valence-electron chi connectivity index (χ3n) is 2.43. The van der Waals surface area contributed by atoms with Gasteiger partial charge in [-0.15, -0.1) is 11.3 Å². The van der Waals surface area contributed by atoms with Gasteiger partial charge in [0, 0.05) is 4.88 Å². The second-order valence-corrected chi connectivity index (χ2v) is 5.58. The molecule has 0 bridgehead atoms. The Morgan fingerprint density at radius 3 is 2.78 bits per heavy atom. The molecule has 0 spiro atoms. The van der Waals surface area contributed by atoms with Gasteiger partial charge in [0.15, 0.2) is 0 Å². The van der Waals surface area contributed by atoms with Crippen LogP contribution in [0.5, 0.6) is 5.75 Å². The van der Waals surface area contributed by atoms with Crippen LogP contribution in [0.25, 0.3) is 0 Å². The molecule has 0 saturated carbocycles. The fraction of sp³-hybridized carbons (Fsp3) is 0.231. The number of rotatable bonds is 5. The van der Waals surface area contributed by atoms with Gasteiger partial charge in [-0.25, -0.2) is 4.39 Å². The van der Waals surface area contributed by atoms with Crippen molar-refractivity contribution in [2.75, 3.05) is 6.54 Å². The van der Waals surface area contributed by atoms with Gasteiger partial charge in [-0.05, 0) is 48.9 Å². The highest BCUT2D eigenvalue weighted by Gasteiger charge is 2.06. The number of ether oxygens (including phenoxy) is 1. The Hall–Kier alpha value is -1.10. The molecule has 0 aliphatic carbocycles. The summed E-state index contributed by atoms with van der Waals surface area (Å²) in [5.74, 6) is 0.399. The molecule has 96 valence electrons. The Kier molecular flexibility index (Phi) is 4.58. The Morgan fingerprint density at radius 1 is 1.28 bits per heavy atom. The van der Waals surface area contributed by atoms with E-state index in [1.165, 1.54) is 23.5 Å². The molecule has 5 heteroatoms. The summed E-state index contributed by atoms with van der Waals surface area (Å²) in [6.45, 7) is 0.894. The highest BCUT2D eigenvalue weighted by molar-refractivity contribution is 7.16. The van der Waals surface area contributed by atoms with Crippen LogP contribution in [0.2, 0.25) is 4.34 Å². The van der Waals surface area contributed by atoms with E-state index >= 15 is 0 Å². The summed E-state index contributed by atoms with van der Waals surface area (Å²) in [4.78, 5) is 1.03. The van der Waals surface area contributed by atoms with E-state index in [0.29, 0.717) is 25.3 Å². The largest absolute Gasteiger partial charge is 0.488 e. The molecule has 2 nitrogen and oxygen atoms in total. The third kappa shape index (κ3) is 3.45. The summed E-state index contributed by atoms with van der Waals surface area (Å²) in [7, 11) is 0. The minimum atomic E-state index is -0.273. The van der Waals surface area contributed by atoms with Crippen LogP contribution in [0, 0.1) is 5.82 Å². The van der Waals surface area contributed by atoms with Crippen molar-refractivity contribution < 1.29 is 9.13 Å². The van der Waals surface area contributed by atoms with Crippen molar-refractivity contribution in [3.05, 3.63) is 50.9 Å². The molecular formula is C13H13ClFNOS. The highest BCUT2D eigenvalue weighted by Crippen LogP contribution is 2.25. The van der Waals surface area contributed by atoms with E-state index in [4.69, 9.17) is 22.1 Å². The number of hydrogen-bond acceptors (Lipinski definition) is 3. The number of thiophene rings is 1. The zero-order valence-corrected chi connectivity index (χ0v) is 11.2. The third-order valence-corrected chi connectivity index (χ3v) is 3.64. The average Bonchev–Trinajstić information content (AvgIpc) is 2.75. The van der Waals surface area contributed by atoms with Crippen molar-refractivity contribution in [3.8, 4) is 5.75 Å². The van der Waals surface area contributed by atoms with Crippen LogP contribution in [-0.2, 0) is 13.0 Å². The van der Waals surface area contributed by atoms with Crippen LogP contribution in [0.15, 0.2) is 30.3 Å². The van der Waals surface area contributed by atoms with E-state index in [0.717, 1.165) is 14.8 Å². The molecule has 1 aromatic carbocycles. The van der Waals surface area contributed by atoms with Crippen molar-refractivity contribution in [2.24, 2.45) is 5.73 Å². The molecular weight excluding hydrogens is 273 g/mol. The molecule has 0 aliphatic heterocycles. The first-order valence-electron chi connectivity index (χ1n) is 5.54. The predicted octanol–water partition coefficient (Wildman–Crippen LogP) is 3.62. The van der Waals surface area contributed by atoms with E-state index in [1.54, 1.807) is 6.07 Å². The van der Waals surface area contributed by atoms with Crippen molar-refractivity contribution in [1.29, 1.82) is 0 Å². The first-order valence-corrected chi connectivity index (χ1v) is 6.74. The van der Waals surface area contributed by atoms with Gasteiger partial charge in [-0.1, -0.05) is 11.6 Å². The molecule has 0 atom stereocenters. The van der Waals surface area contributed by atoms with Crippen LogP contribution in [-0.4, -0.2) is 6.54 Å². The maximum absolute atomic E-state index is 13.1. The summed E-state index contributed by atoms with van der Waals surface area (Å²) < 4.78 is 19.5. The molecule has 1 aromatic heterocycles. The molecule has 0 amide bonds. The number of benzene rings is 1. The van der Waals surface area contributed by atoms with Crippen LogP contribution in [0.1, 0.15) is 10.4 Å². The van der Waals surface area contributed by atoms with Crippen molar-refractivity contribution in [2.45, 2.75) is 13.0 Å². The lowest BCUT2D eigenvalue weighted by Crippen LogP contribution is -2.05. The normalized spacial score (nSPS) is 10.6. The van der Waals surface area contributed by atoms with E-state index in [2.05, 4.69) is 0 Å². The van der Waals surface area contributed by atoms with Gasteiger partial charge in [0.05, 0.1) is 4.34 Å². The van der Waals surface area contributed by atoms with Crippen LogP contribution in [0.4, 0.5) is 4.39 Å². The predicted molar refractivity (Wildman–Crippen MR) is 72.8 cm³/mol. The lowest BCUT2D eigenvalue weighted by atomic mass is 10.1. The van der Waals surface area contributed by atoms with Gasteiger partial charge < -0.3 is 10.5 Å². The van der Waals surface area contributed by atoms with Gasteiger partial charge in [-0.3, -0.25) is 0 Å². The van der Waals surface area contributed by atoms with Gasteiger partial charge in [-0.2, -0.15) is 0 Å². The second-order valence-electron chi connectivity index (χ2n) is 3.79. The van der Waals surface area contributed by atoms with Crippen molar-refractivity contribution >= 4 is 22.9 Å². The van der Waals surface area contributed by atoms with Gasteiger partial charge in [0.2, 0.25) is 0 Å². The maximum Gasteiger partial charge on any atom is 0.123 e. The quantitative estimate of drug-likeness (QED) is 0.911. The Labute approximate surface area is 114 Å². The first kappa shape index (κ1) is 13.3. The molecule has 2 rings (SSSR count). The molecule has 0 fully saturated rings. The zero-order chi connectivity index (χ0) is 13.0. The van der Waals surface area contributed by atoms with Crippen LogP contribution < -0.4 is 10.5 Å². The molecule has 0 aliphatic rings. The van der Waals surface area contributed by atoms with E-state index in [9.17, 15) is 4.39 Å². The Balaban J connectivity index is 2.08. The molecule has 0 radical (unpaired) electrons. The zero-order valence-electron chi connectivity index (χ0n) is 9.66. The van der Waals surface area contributed by atoms with E-state index in [1.807, 2.05) is 12.1 Å². The first-order chi connectivity index (χ1) is 8.69. The minimum absolute atomic E-state index is 0.273. The van der Waals surface area contributed by atoms with Crippen molar-refractivity contribution in [3.63, 3.8) is 0 Å². The standard InChI is InChI=1S/C13H13ClFNOS/c14-13-4-2-11(18-13)8-17-12-3-1-10(15)7-9(12)5-6-16/h1-4,7H,5-6,8,16H2.